The Morgan fingerprint density at radius 2 is 1.88 bits per heavy atom. The van der Waals surface area contributed by atoms with E-state index < -0.39 is 10.0 Å². The number of hydrogen-bond acceptors (Lipinski definition) is 5. The smallest absolute Gasteiger partial charge is 0.270 e. The number of aryl methyl sites for hydroxylation is 1. The van der Waals surface area contributed by atoms with Crippen molar-refractivity contribution in [3.63, 3.8) is 0 Å². The number of aromatic nitrogens is 1. The molecule has 9 heteroatoms. The average Bonchev–Trinajstić information content (AvgIpc) is 3.25. The highest BCUT2D eigenvalue weighted by atomic mass is 32.2. The van der Waals surface area contributed by atoms with Crippen molar-refractivity contribution >= 4 is 26.7 Å². The van der Waals surface area contributed by atoms with Crippen molar-refractivity contribution in [1.82, 2.24) is 13.8 Å². The van der Waals surface area contributed by atoms with Gasteiger partial charge in [0.1, 0.15) is 16.3 Å². The molecule has 0 unspecified atom stereocenters. The highest BCUT2D eigenvalue weighted by Crippen LogP contribution is 2.30. The van der Waals surface area contributed by atoms with E-state index in [1.165, 1.54) is 16.6 Å². The molecule has 0 atom stereocenters. The predicted octanol–water partition coefficient (Wildman–Crippen LogP) is 3.26. The number of benzene rings is 2. The Balaban J connectivity index is 1.61. The summed E-state index contributed by atoms with van der Waals surface area (Å²) in [6, 6.07) is 13.4. The molecular weight excluding hydrogens is 454 g/mol. The van der Waals surface area contributed by atoms with Crippen LogP contribution >= 0.6 is 0 Å². The summed E-state index contributed by atoms with van der Waals surface area (Å²) >= 11 is 0. The molecule has 1 amide bonds. The molecule has 2 heterocycles. The molecule has 1 aromatic heterocycles. The fourth-order valence-corrected chi connectivity index (χ4v) is 5.63. The number of rotatable bonds is 8. The van der Waals surface area contributed by atoms with Gasteiger partial charge >= 0.3 is 0 Å². The molecule has 0 spiro atoms. The second kappa shape index (κ2) is 10.2. The van der Waals surface area contributed by atoms with Crippen LogP contribution in [0.25, 0.3) is 10.8 Å². The molecule has 0 aliphatic carbocycles. The lowest BCUT2D eigenvalue weighted by Crippen LogP contribution is -2.40. The minimum Gasteiger partial charge on any atom is -0.493 e. The van der Waals surface area contributed by atoms with E-state index in [0.29, 0.717) is 45.1 Å². The Kier molecular flexibility index (Phi) is 7.25. The predicted molar refractivity (Wildman–Crippen MR) is 131 cm³/mol. The van der Waals surface area contributed by atoms with Gasteiger partial charge in [-0.1, -0.05) is 37.3 Å². The maximum absolute atomic E-state index is 13.4. The van der Waals surface area contributed by atoms with Crippen LogP contribution in [0.1, 0.15) is 29.4 Å². The topological polar surface area (TPSA) is 81.1 Å². The molecule has 1 fully saturated rings. The number of sulfonamides is 1. The van der Waals surface area contributed by atoms with Gasteiger partial charge in [0.2, 0.25) is 10.0 Å². The molecule has 3 aromatic rings. The first-order chi connectivity index (χ1) is 16.3. The van der Waals surface area contributed by atoms with Gasteiger partial charge in [-0.05, 0) is 29.3 Å². The van der Waals surface area contributed by atoms with Gasteiger partial charge in [0.25, 0.3) is 5.91 Å². The van der Waals surface area contributed by atoms with E-state index in [2.05, 4.69) is 0 Å². The first-order valence-corrected chi connectivity index (χ1v) is 12.9. The number of amides is 1. The van der Waals surface area contributed by atoms with Crippen LogP contribution in [0.4, 0.5) is 0 Å². The van der Waals surface area contributed by atoms with E-state index in [1.54, 1.807) is 23.6 Å². The van der Waals surface area contributed by atoms with Gasteiger partial charge in [0.05, 0.1) is 19.8 Å². The molecule has 8 nitrogen and oxygen atoms in total. The third-order valence-electron chi connectivity index (χ3n) is 6.01. The van der Waals surface area contributed by atoms with Crippen LogP contribution in [0.15, 0.2) is 53.6 Å². The summed E-state index contributed by atoms with van der Waals surface area (Å²) in [6.45, 7) is 4.32. The molecule has 1 aliphatic rings. The van der Waals surface area contributed by atoms with Gasteiger partial charge in [-0.15, -0.1) is 0 Å². The van der Waals surface area contributed by atoms with Gasteiger partial charge in [-0.2, -0.15) is 4.31 Å². The van der Waals surface area contributed by atoms with Gasteiger partial charge in [-0.3, -0.25) is 4.79 Å². The number of carbonyl (C=O) groups is 1. The second-order valence-electron chi connectivity index (χ2n) is 8.46. The molecule has 1 saturated heterocycles. The summed E-state index contributed by atoms with van der Waals surface area (Å²) in [5, 5.41) is 2.10. The Hall–Kier alpha value is -2.88. The molecular formula is C25H31N3O5S. The van der Waals surface area contributed by atoms with Gasteiger partial charge < -0.3 is 18.9 Å². The lowest BCUT2D eigenvalue weighted by molar-refractivity contribution is 0.0730. The molecule has 0 N–H and O–H groups in total. The first kappa shape index (κ1) is 24.3. The summed E-state index contributed by atoms with van der Waals surface area (Å²) in [6.07, 6.45) is 2.38. The van der Waals surface area contributed by atoms with Gasteiger partial charge in [-0.25, -0.2) is 8.42 Å². The zero-order valence-corrected chi connectivity index (χ0v) is 20.7. The number of carbonyl (C=O) groups excluding carboxylic acids is 1. The van der Waals surface area contributed by atoms with Crippen molar-refractivity contribution in [1.29, 1.82) is 0 Å². The quantitative estimate of drug-likeness (QED) is 0.489. The van der Waals surface area contributed by atoms with E-state index in [-0.39, 0.29) is 10.8 Å². The molecule has 182 valence electrons. The number of nitrogens with zero attached hydrogens (tertiary/aromatic N) is 3. The van der Waals surface area contributed by atoms with Crippen LogP contribution in [0.2, 0.25) is 0 Å². The highest BCUT2D eigenvalue weighted by Gasteiger charge is 2.29. The van der Waals surface area contributed by atoms with Gasteiger partial charge in [0.15, 0.2) is 0 Å². The van der Waals surface area contributed by atoms with E-state index in [1.807, 2.05) is 43.3 Å². The van der Waals surface area contributed by atoms with Crippen LogP contribution in [-0.2, 0) is 28.4 Å². The van der Waals surface area contributed by atoms with Crippen LogP contribution < -0.4 is 4.74 Å². The number of morpholine rings is 1. The Morgan fingerprint density at radius 3 is 2.62 bits per heavy atom. The monoisotopic (exact) mass is 485 g/mol. The van der Waals surface area contributed by atoms with E-state index in [4.69, 9.17) is 9.47 Å². The highest BCUT2D eigenvalue weighted by molar-refractivity contribution is 7.89. The lowest BCUT2D eigenvalue weighted by Gasteiger charge is -2.25. The standard InChI is InChI=1S/C25H31N3O5S/c1-4-13-33-24-10-9-19-7-5-6-8-21(19)22(24)18-27(3)25(29)23-16-20(17-26(23)2)34(30,31)28-11-14-32-15-12-28/h5-10,16-17H,4,11-15,18H2,1-3H3. The second-order valence-corrected chi connectivity index (χ2v) is 10.4. The molecule has 0 bridgehead atoms. The Labute approximate surface area is 200 Å². The minimum absolute atomic E-state index is 0.116. The van der Waals surface area contributed by atoms with E-state index in [0.717, 1.165) is 28.5 Å². The third kappa shape index (κ3) is 4.82. The fourth-order valence-electron chi connectivity index (χ4n) is 4.15. The summed E-state index contributed by atoms with van der Waals surface area (Å²) in [5.41, 5.74) is 1.24. The average molecular weight is 486 g/mol. The maximum Gasteiger partial charge on any atom is 0.270 e. The largest absolute Gasteiger partial charge is 0.493 e. The molecule has 0 saturated carbocycles. The van der Waals surface area contributed by atoms with Crippen molar-refractivity contribution in [2.75, 3.05) is 40.0 Å². The summed E-state index contributed by atoms with van der Waals surface area (Å²) in [4.78, 5) is 15.1. The minimum atomic E-state index is -3.69. The van der Waals surface area contributed by atoms with Crippen molar-refractivity contribution < 1.29 is 22.7 Å². The molecule has 1 aliphatic heterocycles. The van der Waals surface area contributed by atoms with Crippen molar-refractivity contribution in [2.24, 2.45) is 7.05 Å². The summed E-state index contributed by atoms with van der Waals surface area (Å²) < 4.78 is 40.3. The lowest BCUT2D eigenvalue weighted by atomic mass is 10.0. The Bertz CT molecular complexity index is 1280. The zero-order valence-electron chi connectivity index (χ0n) is 19.9. The van der Waals surface area contributed by atoms with Crippen LogP contribution in [0.3, 0.4) is 0 Å². The van der Waals surface area contributed by atoms with Crippen molar-refractivity contribution in [2.45, 2.75) is 24.8 Å². The fraction of sp³-hybridized carbons (Fsp3) is 0.400. The van der Waals surface area contributed by atoms with E-state index >= 15 is 0 Å². The number of hydrogen-bond donors (Lipinski definition) is 0. The number of ether oxygens (including phenoxy) is 2. The first-order valence-electron chi connectivity index (χ1n) is 11.5. The Morgan fingerprint density at radius 1 is 1.15 bits per heavy atom. The summed E-state index contributed by atoms with van der Waals surface area (Å²) in [7, 11) is -0.279. The third-order valence-corrected chi connectivity index (χ3v) is 7.87. The molecule has 0 radical (unpaired) electrons. The van der Waals surface area contributed by atoms with Crippen LogP contribution in [-0.4, -0.2) is 68.1 Å². The molecule has 34 heavy (non-hydrogen) atoms. The van der Waals surface area contributed by atoms with Crippen molar-refractivity contribution in [3.05, 3.63) is 59.9 Å². The van der Waals surface area contributed by atoms with E-state index in [9.17, 15) is 13.2 Å². The molecule has 4 rings (SSSR count). The van der Waals surface area contributed by atoms with Crippen LogP contribution in [0, 0.1) is 0 Å². The maximum atomic E-state index is 13.4. The van der Waals surface area contributed by atoms with Crippen LogP contribution in [0.5, 0.6) is 5.75 Å². The SMILES string of the molecule is CCCOc1ccc2ccccc2c1CN(C)C(=O)c1cc(S(=O)(=O)N2CCOCC2)cn1C. The van der Waals surface area contributed by atoms with Crippen molar-refractivity contribution in [3.8, 4) is 5.75 Å². The number of fused-ring (bicyclic) bond motifs is 1. The molecule has 2 aromatic carbocycles. The zero-order chi connectivity index (χ0) is 24.3. The van der Waals surface area contributed by atoms with Gasteiger partial charge in [0, 0.05) is 45.5 Å². The normalized spacial score (nSPS) is 14.9. The summed E-state index contributed by atoms with van der Waals surface area (Å²) in [5.74, 6) is 0.489.